The maximum Gasteiger partial charge on any atom is 0.200 e. The van der Waals surface area contributed by atoms with Gasteiger partial charge in [0.15, 0.2) is 5.71 Å². The number of fused-ring (bicyclic) bond motifs is 4. The first kappa shape index (κ1) is 21.4. The van der Waals surface area contributed by atoms with E-state index in [4.69, 9.17) is 4.99 Å². The molecule has 1 aliphatic heterocycles. The lowest BCUT2D eigenvalue weighted by Gasteiger charge is -2.20. The minimum absolute atomic E-state index is 0.0742. The molecule has 35 heavy (non-hydrogen) atoms. The molecule has 1 heterocycles. The van der Waals surface area contributed by atoms with Crippen LogP contribution in [0.2, 0.25) is 0 Å². The molecule has 0 amide bonds. The average Bonchev–Trinajstić information content (AvgIpc) is 3.38. The highest BCUT2D eigenvalue weighted by Gasteiger charge is 2.39. The van der Waals surface area contributed by atoms with Crippen LogP contribution in [-0.2, 0) is 0 Å². The highest BCUT2D eigenvalue weighted by Crippen LogP contribution is 2.54. The number of hydrogen-bond donors (Lipinski definition) is 1. The van der Waals surface area contributed by atoms with Crippen LogP contribution >= 0.6 is 0 Å². The Morgan fingerprint density at radius 1 is 0.857 bits per heavy atom. The molecule has 0 saturated carbocycles. The van der Waals surface area contributed by atoms with Crippen molar-refractivity contribution >= 4 is 33.9 Å². The Kier molecular flexibility index (Phi) is 4.85. The second-order valence-corrected chi connectivity index (χ2v) is 9.67. The predicted molar refractivity (Wildman–Crippen MR) is 145 cm³/mol. The Labute approximate surface area is 206 Å². The molecule has 3 aliphatic rings. The second-order valence-electron chi connectivity index (χ2n) is 9.67. The lowest BCUT2D eigenvalue weighted by molar-refractivity contribution is -0.462. The van der Waals surface area contributed by atoms with Gasteiger partial charge in [-0.2, -0.15) is 0 Å². The number of para-hydroxylation sites is 2. The van der Waals surface area contributed by atoms with Crippen molar-refractivity contribution in [2.24, 2.45) is 4.99 Å². The zero-order valence-electron chi connectivity index (χ0n) is 20.4. The van der Waals surface area contributed by atoms with Crippen molar-refractivity contribution in [2.75, 3.05) is 33.1 Å². The quantitative estimate of drug-likeness (QED) is 0.503. The summed E-state index contributed by atoms with van der Waals surface area (Å²) in [6.07, 6.45) is 6.73. The zero-order chi connectivity index (χ0) is 24.3. The molecule has 0 aromatic heterocycles. The molecule has 0 radical (unpaired) electrons. The van der Waals surface area contributed by atoms with E-state index in [0.717, 1.165) is 17.0 Å². The van der Waals surface area contributed by atoms with E-state index in [2.05, 4.69) is 92.3 Å². The van der Waals surface area contributed by atoms with Gasteiger partial charge in [-0.05, 0) is 69.8 Å². The van der Waals surface area contributed by atoms with Crippen LogP contribution in [0.15, 0.2) is 95.5 Å². The summed E-state index contributed by atoms with van der Waals surface area (Å²) in [7, 11) is 8.31. The first-order chi connectivity index (χ1) is 16.9. The summed E-state index contributed by atoms with van der Waals surface area (Å²) in [6.45, 7) is 0. The highest BCUT2D eigenvalue weighted by molar-refractivity contribution is 6.23. The molecule has 1 unspecified atom stereocenters. The first-order valence-electron chi connectivity index (χ1n) is 11.9. The first-order valence-corrected chi connectivity index (χ1v) is 11.9. The van der Waals surface area contributed by atoms with Gasteiger partial charge >= 0.3 is 0 Å². The summed E-state index contributed by atoms with van der Waals surface area (Å²) in [5, 5.41) is 10.8. The Morgan fingerprint density at radius 3 is 2.40 bits per heavy atom. The van der Waals surface area contributed by atoms with Gasteiger partial charge < -0.3 is 10.0 Å². The fourth-order valence-corrected chi connectivity index (χ4v) is 5.37. The molecule has 0 fully saturated rings. The number of anilines is 1. The van der Waals surface area contributed by atoms with Crippen molar-refractivity contribution in [3.63, 3.8) is 0 Å². The summed E-state index contributed by atoms with van der Waals surface area (Å²) in [6, 6.07) is 22.6. The van der Waals surface area contributed by atoms with Crippen molar-refractivity contribution in [3.8, 4) is 5.75 Å². The molecule has 1 atom stereocenters. The predicted octanol–water partition coefficient (Wildman–Crippen LogP) is 5.81. The third-order valence-electron chi connectivity index (χ3n) is 7.14. The van der Waals surface area contributed by atoms with Crippen LogP contribution < -0.4 is 4.90 Å². The number of hydrogen-bond acceptors (Lipinski definition) is 3. The maximum absolute atomic E-state index is 10.8. The number of aliphatic imine (C=N–C) groups is 1. The summed E-state index contributed by atoms with van der Waals surface area (Å²) in [4.78, 5) is 7.21. The number of aromatic hydroxyl groups is 1. The van der Waals surface area contributed by atoms with Crippen molar-refractivity contribution in [1.29, 1.82) is 0 Å². The normalized spacial score (nSPS) is 17.6. The minimum atomic E-state index is -0.0742. The van der Waals surface area contributed by atoms with Crippen LogP contribution in [0.5, 0.6) is 5.75 Å². The van der Waals surface area contributed by atoms with Crippen molar-refractivity contribution in [3.05, 3.63) is 113 Å². The smallest absolute Gasteiger partial charge is 0.200 e. The van der Waals surface area contributed by atoms with Crippen LogP contribution in [0.3, 0.4) is 0 Å². The minimum Gasteiger partial charge on any atom is -0.507 e. The Balaban J connectivity index is 1.64. The molecule has 4 heteroatoms. The van der Waals surface area contributed by atoms with Gasteiger partial charge in [-0.1, -0.05) is 36.4 Å². The molecule has 3 aromatic rings. The van der Waals surface area contributed by atoms with E-state index in [1.807, 2.05) is 24.3 Å². The fourth-order valence-electron chi connectivity index (χ4n) is 5.37. The Hall–Kier alpha value is -4.18. The molecular formula is C31H28N3O+. The van der Waals surface area contributed by atoms with E-state index in [1.165, 1.54) is 44.8 Å². The number of benzene rings is 3. The molecule has 3 aromatic carbocycles. The Bertz CT molecular complexity index is 1540. The van der Waals surface area contributed by atoms with Gasteiger partial charge in [0.05, 0.1) is 17.3 Å². The van der Waals surface area contributed by atoms with Crippen LogP contribution in [0.4, 0.5) is 11.4 Å². The molecule has 2 aliphatic carbocycles. The van der Waals surface area contributed by atoms with Crippen molar-refractivity contribution in [2.45, 2.75) is 5.92 Å². The topological polar surface area (TPSA) is 38.8 Å². The van der Waals surface area contributed by atoms with Gasteiger partial charge in [-0.15, -0.1) is 0 Å². The van der Waals surface area contributed by atoms with E-state index in [1.54, 1.807) is 6.07 Å². The van der Waals surface area contributed by atoms with Crippen LogP contribution in [0, 0.1) is 0 Å². The molecule has 1 N–H and O–H groups in total. The zero-order valence-corrected chi connectivity index (χ0v) is 20.4. The lowest BCUT2D eigenvalue weighted by Crippen LogP contribution is -2.14. The number of nitrogens with zero attached hydrogens (tertiary/aromatic N) is 3. The molecule has 4 nitrogen and oxygen atoms in total. The number of allylic oxidation sites excluding steroid dienone is 6. The standard InChI is InChI=1S/C31H27N3O/c1-33(2)19-13-15-21-25(17-19)26-18-20(34(3)4)14-16-22(26)29(21)30-23-9-5-7-11-27(23)32-31(30)24-10-6-8-12-28(24)35/h5-18,30H,1-4H3/p+1. The molecule has 0 bridgehead atoms. The molecule has 0 saturated heterocycles. The highest BCUT2D eigenvalue weighted by atomic mass is 16.3. The van der Waals surface area contributed by atoms with Gasteiger partial charge in [-0.3, -0.25) is 4.99 Å². The van der Waals surface area contributed by atoms with Gasteiger partial charge in [0.25, 0.3) is 0 Å². The number of phenolic OH excluding ortho intramolecular Hbond substituents is 1. The van der Waals surface area contributed by atoms with Crippen LogP contribution in [0.1, 0.15) is 28.2 Å². The SMILES string of the molecule is CN(C)c1ccc2c(c1)C1=CC(=[N+](C)C)C=CC1=C2C1C(c2ccccc2O)=Nc2ccccc21. The van der Waals surface area contributed by atoms with Gasteiger partial charge in [-0.25, -0.2) is 4.58 Å². The Morgan fingerprint density at radius 2 is 1.63 bits per heavy atom. The molecular weight excluding hydrogens is 430 g/mol. The molecule has 6 rings (SSSR count). The van der Waals surface area contributed by atoms with Crippen LogP contribution in [0.25, 0.3) is 11.1 Å². The third-order valence-corrected chi connectivity index (χ3v) is 7.14. The largest absolute Gasteiger partial charge is 0.507 e. The summed E-state index contributed by atoms with van der Waals surface area (Å²) in [5.74, 6) is 0.184. The average molecular weight is 459 g/mol. The number of phenols is 1. The monoisotopic (exact) mass is 458 g/mol. The van der Waals surface area contributed by atoms with Gasteiger partial charge in [0.2, 0.25) is 0 Å². The van der Waals surface area contributed by atoms with E-state index in [9.17, 15) is 5.11 Å². The number of rotatable bonds is 3. The molecule has 0 spiro atoms. The fraction of sp³-hybridized carbons (Fsp3) is 0.161. The second kappa shape index (κ2) is 7.95. The summed E-state index contributed by atoms with van der Waals surface area (Å²) in [5.41, 5.74) is 12.4. The maximum atomic E-state index is 10.8. The van der Waals surface area contributed by atoms with Crippen LogP contribution in [-0.4, -0.2) is 49.3 Å². The molecule has 172 valence electrons. The summed E-state index contributed by atoms with van der Waals surface area (Å²) < 4.78 is 2.15. The van der Waals surface area contributed by atoms with E-state index in [0.29, 0.717) is 0 Å². The summed E-state index contributed by atoms with van der Waals surface area (Å²) >= 11 is 0. The third kappa shape index (κ3) is 3.28. The van der Waals surface area contributed by atoms with E-state index in [-0.39, 0.29) is 11.7 Å². The lowest BCUT2D eigenvalue weighted by atomic mass is 9.81. The van der Waals surface area contributed by atoms with E-state index >= 15 is 0 Å². The van der Waals surface area contributed by atoms with Crippen molar-refractivity contribution < 1.29 is 9.68 Å². The van der Waals surface area contributed by atoms with Crippen molar-refractivity contribution in [1.82, 2.24) is 0 Å². The van der Waals surface area contributed by atoms with E-state index < -0.39 is 0 Å². The van der Waals surface area contributed by atoms with Gasteiger partial charge in [0.1, 0.15) is 19.8 Å². The van der Waals surface area contributed by atoms with Gasteiger partial charge in [0, 0.05) is 37.5 Å².